The quantitative estimate of drug-likeness (QED) is 0.764. The molecular formula is C22H24N2O3S. The molecule has 0 saturated heterocycles. The van der Waals surface area contributed by atoms with Crippen LogP contribution in [0.25, 0.3) is 6.08 Å². The summed E-state index contributed by atoms with van der Waals surface area (Å²) >= 11 is 1.42. The van der Waals surface area contributed by atoms with Crippen molar-refractivity contribution in [2.45, 2.75) is 31.2 Å². The predicted octanol–water partition coefficient (Wildman–Crippen LogP) is 4.33. The number of thioether (sulfide) groups is 1. The van der Waals surface area contributed by atoms with Gasteiger partial charge in [-0.3, -0.25) is 9.59 Å². The van der Waals surface area contributed by atoms with E-state index in [1.54, 1.807) is 31.2 Å². The molecule has 1 atom stereocenters. The van der Waals surface area contributed by atoms with E-state index < -0.39 is 0 Å². The average molecular weight is 397 g/mol. The lowest BCUT2D eigenvalue weighted by Gasteiger charge is -2.27. The van der Waals surface area contributed by atoms with Gasteiger partial charge in [0, 0.05) is 23.5 Å². The highest BCUT2D eigenvalue weighted by Crippen LogP contribution is 2.42. The van der Waals surface area contributed by atoms with Crippen LogP contribution in [0.1, 0.15) is 36.2 Å². The largest absolute Gasteiger partial charge is 0.497 e. The summed E-state index contributed by atoms with van der Waals surface area (Å²) in [5.41, 5.74) is 2.23. The number of rotatable bonds is 5. The highest BCUT2D eigenvalue weighted by molar-refractivity contribution is 8.04. The number of nitrogens with one attached hydrogen (secondary N) is 1. The fourth-order valence-corrected chi connectivity index (χ4v) is 3.89. The molecule has 0 saturated carbocycles. The normalized spacial score (nSPS) is 15.9. The first-order chi connectivity index (χ1) is 13.4. The molecule has 2 amide bonds. The number of carbonyl (C=O) groups is 2. The van der Waals surface area contributed by atoms with Crippen molar-refractivity contribution in [2.75, 3.05) is 19.1 Å². The van der Waals surface area contributed by atoms with Crippen LogP contribution in [0.15, 0.2) is 52.3 Å². The summed E-state index contributed by atoms with van der Waals surface area (Å²) in [5.74, 6) is 0.561. The maximum absolute atomic E-state index is 12.8. The highest BCUT2D eigenvalue weighted by atomic mass is 32.2. The molecule has 1 aliphatic heterocycles. The number of likely N-dealkylation sites (N-methyl/N-ethyl adjacent to an activating group) is 1. The van der Waals surface area contributed by atoms with Crippen LogP contribution in [0, 0.1) is 0 Å². The molecule has 0 radical (unpaired) electrons. The zero-order chi connectivity index (χ0) is 20.3. The Morgan fingerprint density at radius 2 is 1.96 bits per heavy atom. The monoisotopic (exact) mass is 396 g/mol. The molecule has 0 bridgehead atoms. The van der Waals surface area contributed by atoms with Crippen LogP contribution >= 0.6 is 11.8 Å². The molecule has 28 heavy (non-hydrogen) atoms. The molecule has 0 fully saturated rings. The molecule has 1 heterocycles. The van der Waals surface area contributed by atoms with Gasteiger partial charge in [-0.2, -0.15) is 0 Å². The SMILES string of the molecule is CCC(C)NC(=O)c1ccc2c(c1)N(C)C(=O)/C(=C/c1ccc(OC)cc1)S2. The topological polar surface area (TPSA) is 58.6 Å². The van der Waals surface area contributed by atoms with E-state index >= 15 is 0 Å². The molecular weight excluding hydrogens is 372 g/mol. The first kappa shape index (κ1) is 20.0. The Kier molecular flexibility index (Phi) is 6.09. The number of nitrogens with zero attached hydrogens (tertiary/aromatic N) is 1. The van der Waals surface area contributed by atoms with Crippen molar-refractivity contribution in [3.8, 4) is 5.75 Å². The Hall–Kier alpha value is -2.73. The molecule has 1 unspecified atom stereocenters. The lowest BCUT2D eigenvalue weighted by molar-refractivity contribution is -0.114. The van der Waals surface area contributed by atoms with Crippen molar-refractivity contribution in [2.24, 2.45) is 0 Å². The first-order valence-electron chi connectivity index (χ1n) is 9.19. The minimum absolute atomic E-state index is 0.0900. The maximum atomic E-state index is 12.8. The minimum Gasteiger partial charge on any atom is -0.497 e. The van der Waals surface area contributed by atoms with Gasteiger partial charge >= 0.3 is 0 Å². The van der Waals surface area contributed by atoms with E-state index in [9.17, 15) is 9.59 Å². The Morgan fingerprint density at radius 1 is 1.25 bits per heavy atom. The van der Waals surface area contributed by atoms with Gasteiger partial charge in [0.1, 0.15) is 5.75 Å². The van der Waals surface area contributed by atoms with Crippen molar-refractivity contribution in [3.05, 3.63) is 58.5 Å². The highest BCUT2D eigenvalue weighted by Gasteiger charge is 2.27. The number of hydrogen-bond acceptors (Lipinski definition) is 4. The van der Waals surface area contributed by atoms with Gasteiger partial charge in [-0.05, 0) is 55.3 Å². The summed E-state index contributed by atoms with van der Waals surface area (Å²) in [5, 5.41) is 2.96. The summed E-state index contributed by atoms with van der Waals surface area (Å²) < 4.78 is 5.17. The second kappa shape index (κ2) is 8.52. The lowest BCUT2D eigenvalue weighted by atomic mass is 10.1. The lowest BCUT2D eigenvalue weighted by Crippen LogP contribution is -2.33. The molecule has 1 aliphatic rings. The third-order valence-corrected chi connectivity index (χ3v) is 5.80. The number of hydrogen-bond donors (Lipinski definition) is 1. The molecule has 3 rings (SSSR count). The molecule has 0 spiro atoms. The molecule has 146 valence electrons. The van der Waals surface area contributed by atoms with E-state index in [4.69, 9.17) is 4.74 Å². The number of amides is 2. The van der Waals surface area contributed by atoms with E-state index in [2.05, 4.69) is 5.32 Å². The number of methoxy groups -OCH3 is 1. The Bertz CT molecular complexity index is 922. The fraction of sp³-hybridized carbons (Fsp3) is 0.273. The number of anilines is 1. The number of benzene rings is 2. The van der Waals surface area contributed by atoms with E-state index in [0.717, 1.165) is 28.3 Å². The molecule has 0 aliphatic carbocycles. The average Bonchev–Trinajstić information content (AvgIpc) is 2.72. The number of carbonyl (C=O) groups excluding carboxylic acids is 2. The number of fused-ring (bicyclic) bond motifs is 1. The van der Waals surface area contributed by atoms with Crippen molar-refractivity contribution in [3.63, 3.8) is 0 Å². The molecule has 2 aromatic rings. The number of ether oxygens (including phenoxy) is 1. The van der Waals surface area contributed by atoms with Crippen molar-refractivity contribution >= 4 is 35.3 Å². The van der Waals surface area contributed by atoms with Crippen LogP contribution in [0.5, 0.6) is 5.75 Å². The zero-order valence-electron chi connectivity index (χ0n) is 16.5. The fourth-order valence-electron chi connectivity index (χ4n) is 2.80. The van der Waals surface area contributed by atoms with Crippen LogP contribution in [0.4, 0.5) is 5.69 Å². The molecule has 0 aromatic heterocycles. The van der Waals surface area contributed by atoms with E-state index in [0.29, 0.717) is 10.5 Å². The van der Waals surface area contributed by atoms with Crippen molar-refractivity contribution in [1.29, 1.82) is 0 Å². The van der Waals surface area contributed by atoms with Crippen molar-refractivity contribution in [1.82, 2.24) is 5.32 Å². The summed E-state index contributed by atoms with van der Waals surface area (Å²) in [6, 6.07) is 13.1. The second-order valence-electron chi connectivity index (χ2n) is 6.71. The maximum Gasteiger partial charge on any atom is 0.264 e. The van der Waals surface area contributed by atoms with Gasteiger partial charge in [-0.15, -0.1) is 0 Å². The Labute approximate surface area is 169 Å². The summed E-state index contributed by atoms with van der Waals surface area (Å²) in [6.07, 6.45) is 2.74. The standard InChI is InChI=1S/C22H24N2O3S/c1-5-14(2)23-21(25)16-8-11-19-18(13-16)24(3)22(26)20(28-19)12-15-6-9-17(27-4)10-7-15/h6-14H,5H2,1-4H3,(H,23,25)/b20-12-. The zero-order valence-corrected chi connectivity index (χ0v) is 17.3. The van der Waals surface area contributed by atoms with Gasteiger partial charge in [0.2, 0.25) is 0 Å². The van der Waals surface area contributed by atoms with E-state index in [-0.39, 0.29) is 17.9 Å². The Balaban J connectivity index is 1.87. The van der Waals surface area contributed by atoms with Gasteiger partial charge in [0.25, 0.3) is 11.8 Å². The third kappa shape index (κ3) is 4.22. The van der Waals surface area contributed by atoms with Crippen molar-refractivity contribution < 1.29 is 14.3 Å². The van der Waals surface area contributed by atoms with Gasteiger partial charge in [-0.1, -0.05) is 30.8 Å². The smallest absolute Gasteiger partial charge is 0.264 e. The molecule has 1 N–H and O–H groups in total. The Morgan fingerprint density at radius 3 is 2.61 bits per heavy atom. The van der Waals surface area contributed by atoms with Gasteiger partial charge < -0.3 is 15.0 Å². The summed E-state index contributed by atoms with van der Waals surface area (Å²) in [4.78, 5) is 28.4. The van der Waals surface area contributed by atoms with Crippen LogP contribution in [0.3, 0.4) is 0 Å². The summed E-state index contributed by atoms with van der Waals surface area (Å²) in [7, 11) is 3.36. The van der Waals surface area contributed by atoms with Crippen LogP contribution in [-0.2, 0) is 4.79 Å². The molecule has 2 aromatic carbocycles. The third-order valence-electron chi connectivity index (χ3n) is 4.72. The van der Waals surface area contributed by atoms with Gasteiger partial charge in [0.05, 0.1) is 17.7 Å². The van der Waals surface area contributed by atoms with Crippen LogP contribution in [0.2, 0.25) is 0 Å². The minimum atomic E-state index is -0.123. The van der Waals surface area contributed by atoms with Gasteiger partial charge in [0.15, 0.2) is 0 Å². The summed E-state index contributed by atoms with van der Waals surface area (Å²) in [6.45, 7) is 4.00. The van der Waals surface area contributed by atoms with E-state index in [1.807, 2.05) is 50.3 Å². The van der Waals surface area contributed by atoms with Gasteiger partial charge in [-0.25, -0.2) is 0 Å². The first-order valence-corrected chi connectivity index (χ1v) is 10.0. The predicted molar refractivity (Wildman–Crippen MR) is 114 cm³/mol. The molecule has 6 heteroatoms. The molecule has 5 nitrogen and oxygen atoms in total. The van der Waals surface area contributed by atoms with E-state index in [1.165, 1.54) is 11.8 Å². The van der Waals surface area contributed by atoms with Crippen LogP contribution < -0.4 is 15.0 Å². The van der Waals surface area contributed by atoms with Crippen LogP contribution in [-0.4, -0.2) is 32.0 Å². The second-order valence-corrected chi connectivity index (χ2v) is 7.80.